The van der Waals surface area contributed by atoms with Gasteiger partial charge in [0.15, 0.2) is 0 Å². The Bertz CT molecular complexity index is 375. The first-order chi connectivity index (χ1) is 9.12. The van der Waals surface area contributed by atoms with E-state index in [2.05, 4.69) is 6.92 Å². The number of ketones is 1. The number of Topliss-reactive ketones (excluding diaryl/α,β-unsaturated/α-hetero) is 1. The van der Waals surface area contributed by atoms with E-state index >= 15 is 0 Å². The number of benzene rings is 1. The van der Waals surface area contributed by atoms with Crippen molar-refractivity contribution in [3.05, 3.63) is 35.9 Å². The Balaban J connectivity index is 2.78. The average Bonchev–Trinajstić information content (AvgIpc) is 2.44. The second kappa shape index (κ2) is 8.08. The fourth-order valence-corrected chi connectivity index (χ4v) is 2.14. The summed E-state index contributed by atoms with van der Waals surface area (Å²) in [6, 6.07) is 9.74. The van der Waals surface area contributed by atoms with Crippen molar-refractivity contribution in [2.75, 3.05) is 13.2 Å². The number of aliphatic hydroxyl groups is 1. The molecule has 0 aliphatic carbocycles. The van der Waals surface area contributed by atoms with Gasteiger partial charge in [0.25, 0.3) is 0 Å². The third-order valence-corrected chi connectivity index (χ3v) is 3.24. The molecular formula is C16H24O3. The predicted octanol–water partition coefficient (Wildman–Crippen LogP) is 3.06. The Morgan fingerprint density at radius 2 is 2.00 bits per heavy atom. The molecule has 1 atom stereocenters. The molecule has 0 fully saturated rings. The molecule has 1 N–H and O–H groups in total. The van der Waals surface area contributed by atoms with Crippen LogP contribution in [0.2, 0.25) is 0 Å². The van der Waals surface area contributed by atoms with E-state index in [4.69, 9.17) is 9.84 Å². The van der Waals surface area contributed by atoms with E-state index in [1.807, 2.05) is 37.3 Å². The Hall–Kier alpha value is -1.19. The van der Waals surface area contributed by atoms with E-state index in [0.29, 0.717) is 12.8 Å². The Morgan fingerprint density at radius 1 is 1.32 bits per heavy atom. The maximum absolute atomic E-state index is 12.0. The zero-order valence-electron chi connectivity index (χ0n) is 11.9. The predicted molar refractivity (Wildman–Crippen MR) is 76.0 cm³/mol. The maximum Gasteiger partial charge on any atom is 0.136 e. The van der Waals surface area contributed by atoms with Crippen LogP contribution in [0.3, 0.4) is 0 Å². The Labute approximate surface area is 115 Å². The van der Waals surface area contributed by atoms with Crippen LogP contribution in [-0.4, -0.2) is 24.1 Å². The number of carbonyl (C=O) groups is 1. The highest BCUT2D eigenvalue weighted by molar-refractivity contribution is 5.79. The molecule has 1 unspecified atom stereocenters. The normalized spacial score (nSPS) is 14.1. The van der Waals surface area contributed by atoms with E-state index in [1.54, 1.807) is 0 Å². The number of aliphatic hydroxyl groups excluding tert-OH is 1. The summed E-state index contributed by atoms with van der Waals surface area (Å²) in [6.07, 6.45) is 2.90. The lowest BCUT2D eigenvalue weighted by atomic mass is 9.89. The first kappa shape index (κ1) is 15.9. The van der Waals surface area contributed by atoms with E-state index in [-0.39, 0.29) is 19.0 Å². The van der Waals surface area contributed by atoms with Gasteiger partial charge in [-0.1, -0.05) is 43.7 Å². The molecule has 1 aromatic carbocycles. The van der Waals surface area contributed by atoms with E-state index in [1.165, 1.54) is 0 Å². The molecule has 0 aliphatic heterocycles. The van der Waals surface area contributed by atoms with Crippen molar-refractivity contribution in [2.24, 2.45) is 0 Å². The van der Waals surface area contributed by atoms with E-state index in [0.717, 1.165) is 18.4 Å². The summed E-state index contributed by atoms with van der Waals surface area (Å²) in [7, 11) is 0. The number of carbonyl (C=O) groups excluding carboxylic acids is 1. The van der Waals surface area contributed by atoms with Crippen molar-refractivity contribution < 1.29 is 14.6 Å². The van der Waals surface area contributed by atoms with Gasteiger partial charge in [0.05, 0.1) is 18.8 Å². The molecular weight excluding hydrogens is 240 g/mol. The topological polar surface area (TPSA) is 46.5 Å². The van der Waals surface area contributed by atoms with Crippen molar-refractivity contribution in [1.82, 2.24) is 0 Å². The highest BCUT2D eigenvalue weighted by Gasteiger charge is 2.29. The zero-order chi connectivity index (χ0) is 14.1. The molecule has 0 spiro atoms. The van der Waals surface area contributed by atoms with E-state index in [9.17, 15) is 4.79 Å². The summed E-state index contributed by atoms with van der Waals surface area (Å²) in [5, 5.41) is 8.94. The second-order valence-electron chi connectivity index (χ2n) is 4.99. The summed E-state index contributed by atoms with van der Waals surface area (Å²) >= 11 is 0. The van der Waals surface area contributed by atoms with Gasteiger partial charge >= 0.3 is 0 Å². The quantitative estimate of drug-likeness (QED) is 0.745. The van der Waals surface area contributed by atoms with Gasteiger partial charge in [0.1, 0.15) is 5.78 Å². The van der Waals surface area contributed by atoms with Crippen LogP contribution in [0, 0.1) is 0 Å². The van der Waals surface area contributed by atoms with Crippen LogP contribution in [0.15, 0.2) is 30.3 Å². The second-order valence-corrected chi connectivity index (χ2v) is 4.99. The molecule has 0 aromatic heterocycles. The van der Waals surface area contributed by atoms with Crippen molar-refractivity contribution in [1.29, 1.82) is 0 Å². The summed E-state index contributed by atoms with van der Waals surface area (Å²) in [4.78, 5) is 12.0. The van der Waals surface area contributed by atoms with Gasteiger partial charge in [-0.25, -0.2) is 0 Å². The van der Waals surface area contributed by atoms with Crippen LogP contribution >= 0.6 is 0 Å². The van der Waals surface area contributed by atoms with Crippen LogP contribution < -0.4 is 0 Å². The molecule has 106 valence electrons. The molecule has 0 saturated carbocycles. The number of rotatable bonds is 9. The highest BCUT2D eigenvalue weighted by Crippen LogP contribution is 2.30. The smallest absolute Gasteiger partial charge is 0.136 e. The lowest BCUT2D eigenvalue weighted by molar-refractivity contribution is -0.128. The lowest BCUT2D eigenvalue weighted by Gasteiger charge is -2.30. The standard InChI is InChI=1S/C16H24O3/c1-3-4-10-15(18)13-16(2,19-12-11-17)14-8-6-5-7-9-14/h5-9,17H,3-4,10-13H2,1-2H3. The molecule has 0 aliphatic rings. The van der Waals surface area contributed by atoms with Crippen LogP contribution in [0.1, 0.15) is 45.1 Å². The van der Waals surface area contributed by atoms with Gasteiger partial charge in [0, 0.05) is 12.8 Å². The molecule has 1 rings (SSSR count). The minimum atomic E-state index is -0.644. The number of unbranched alkanes of at least 4 members (excludes halogenated alkanes) is 1. The summed E-state index contributed by atoms with van der Waals surface area (Å²) in [5.41, 5.74) is 0.336. The fraction of sp³-hybridized carbons (Fsp3) is 0.562. The van der Waals surface area contributed by atoms with E-state index < -0.39 is 5.60 Å². The van der Waals surface area contributed by atoms with Crippen LogP contribution in [0.25, 0.3) is 0 Å². The highest BCUT2D eigenvalue weighted by atomic mass is 16.5. The average molecular weight is 264 g/mol. The molecule has 3 heteroatoms. The lowest BCUT2D eigenvalue weighted by Crippen LogP contribution is -2.30. The van der Waals surface area contributed by atoms with Crippen molar-refractivity contribution in [2.45, 2.75) is 45.1 Å². The Kier molecular flexibility index (Phi) is 6.74. The fourth-order valence-electron chi connectivity index (χ4n) is 2.14. The first-order valence-corrected chi connectivity index (χ1v) is 6.94. The largest absolute Gasteiger partial charge is 0.394 e. The third kappa shape index (κ3) is 5.13. The molecule has 0 saturated heterocycles. The maximum atomic E-state index is 12.0. The molecule has 0 bridgehead atoms. The molecule has 19 heavy (non-hydrogen) atoms. The minimum absolute atomic E-state index is 0.0361. The van der Waals surface area contributed by atoms with Crippen molar-refractivity contribution in [3.63, 3.8) is 0 Å². The van der Waals surface area contributed by atoms with Crippen LogP contribution in [0.5, 0.6) is 0 Å². The van der Waals surface area contributed by atoms with Gasteiger partial charge in [0.2, 0.25) is 0 Å². The number of hydrogen-bond donors (Lipinski definition) is 1. The zero-order valence-corrected chi connectivity index (χ0v) is 11.9. The minimum Gasteiger partial charge on any atom is -0.394 e. The third-order valence-electron chi connectivity index (χ3n) is 3.24. The first-order valence-electron chi connectivity index (χ1n) is 6.94. The van der Waals surface area contributed by atoms with Gasteiger partial charge in [-0.15, -0.1) is 0 Å². The van der Waals surface area contributed by atoms with Gasteiger partial charge in [-0.05, 0) is 18.9 Å². The van der Waals surface area contributed by atoms with Gasteiger partial charge in [-0.3, -0.25) is 4.79 Å². The summed E-state index contributed by atoms with van der Waals surface area (Å²) in [5.74, 6) is 0.214. The molecule has 3 nitrogen and oxygen atoms in total. The van der Waals surface area contributed by atoms with Crippen LogP contribution in [-0.2, 0) is 15.1 Å². The molecule has 0 radical (unpaired) electrons. The summed E-state index contributed by atoms with van der Waals surface area (Å²) in [6.45, 7) is 4.20. The van der Waals surface area contributed by atoms with Gasteiger partial charge in [-0.2, -0.15) is 0 Å². The Morgan fingerprint density at radius 3 is 2.58 bits per heavy atom. The van der Waals surface area contributed by atoms with Crippen molar-refractivity contribution in [3.8, 4) is 0 Å². The van der Waals surface area contributed by atoms with Crippen molar-refractivity contribution >= 4 is 5.78 Å². The SMILES string of the molecule is CCCCC(=O)CC(C)(OCCO)c1ccccc1. The number of ether oxygens (including phenoxy) is 1. The van der Waals surface area contributed by atoms with Crippen LogP contribution in [0.4, 0.5) is 0 Å². The molecule has 1 aromatic rings. The number of hydrogen-bond acceptors (Lipinski definition) is 3. The van der Waals surface area contributed by atoms with Gasteiger partial charge < -0.3 is 9.84 Å². The monoisotopic (exact) mass is 264 g/mol. The summed E-state index contributed by atoms with van der Waals surface area (Å²) < 4.78 is 5.74. The molecule has 0 amide bonds. The molecule has 0 heterocycles.